The Hall–Kier alpha value is -3.32. The third-order valence-electron chi connectivity index (χ3n) is 5.53. The second-order valence-electron chi connectivity index (χ2n) is 7.55. The number of nitrogens with zero attached hydrogens (tertiary/aromatic N) is 4. The van der Waals surface area contributed by atoms with E-state index in [1.165, 1.54) is 0 Å². The van der Waals surface area contributed by atoms with Crippen LogP contribution in [0.4, 0.5) is 5.95 Å². The highest BCUT2D eigenvalue weighted by molar-refractivity contribution is 5.79. The molecule has 1 aliphatic heterocycles. The van der Waals surface area contributed by atoms with Crippen molar-refractivity contribution in [2.24, 2.45) is 0 Å². The van der Waals surface area contributed by atoms with Gasteiger partial charge in [0.2, 0.25) is 11.9 Å². The minimum atomic E-state index is 0.207. The first-order chi connectivity index (χ1) is 15.3. The van der Waals surface area contributed by atoms with Crippen LogP contribution in [0.5, 0.6) is 0 Å². The zero-order valence-corrected chi connectivity index (χ0v) is 17.7. The Balaban J connectivity index is 1.49. The van der Waals surface area contributed by atoms with E-state index in [0.29, 0.717) is 32.1 Å². The molecule has 3 aromatic rings. The number of rotatable bonds is 9. The fourth-order valence-electron chi connectivity index (χ4n) is 3.93. The van der Waals surface area contributed by atoms with Crippen LogP contribution in [0.3, 0.4) is 0 Å². The normalized spacial score (nSPS) is 16.0. The van der Waals surface area contributed by atoms with Crippen LogP contribution in [0.25, 0.3) is 22.5 Å². The van der Waals surface area contributed by atoms with Gasteiger partial charge in [0.15, 0.2) is 0 Å². The summed E-state index contributed by atoms with van der Waals surface area (Å²) in [7, 11) is 1.66. The minimum absolute atomic E-state index is 0.207. The van der Waals surface area contributed by atoms with E-state index in [-0.39, 0.29) is 11.9 Å². The number of ether oxygens (including phenoxy) is 1. The molecule has 0 radical (unpaired) electrons. The van der Waals surface area contributed by atoms with Gasteiger partial charge in [-0.2, -0.15) is 0 Å². The van der Waals surface area contributed by atoms with Crippen molar-refractivity contribution in [3.8, 4) is 22.5 Å². The fourth-order valence-corrected chi connectivity index (χ4v) is 3.93. The van der Waals surface area contributed by atoms with Gasteiger partial charge >= 0.3 is 0 Å². The number of likely N-dealkylation sites (tertiary alicyclic amines) is 1. The lowest BCUT2D eigenvalue weighted by molar-refractivity contribution is -0.129. The number of amides is 1. The van der Waals surface area contributed by atoms with Crippen molar-refractivity contribution in [1.29, 1.82) is 0 Å². The van der Waals surface area contributed by atoms with E-state index in [1.54, 1.807) is 7.11 Å². The van der Waals surface area contributed by atoms with Crippen molar-refractivity contribution in [2.45, 2.75) is 25.3 Å². The summed E-state index contributed by atoms with van der Waals surface area (Å²) >= 11 is 0. The number of aromatic nitrogens is 3. The molecule has 2 aromatic carbocycles. The number of hydrogen-bond donors (Lipinski definition) is 1. The highest BCUT2D eigenvalue weighted by atomic mass is 16.5. The van der Waals surface area contributed by atoms with Crippen LogP contribution in [-0.4, -0.2) is 58.8 Å². The summed E-state index contributed by atoms with van der Waals surface area (Å²) in [6.45, 7) is 1.87. The van der Waals surface area contributed by atoms with Gasteiger partial charge in [0, 0.05) is 43.8 Å². The molecule has 1 amide bonds. The standard InChI is InChI=1S/C24H27N5O2/c1-31-17-16-29-20(12-13-21(29)30)14-15-25-24-26-22(18-8-4-2-5-9-18)23(27-28-24)19-10-6-3-7-11-19/h2-11,20H,12-17H2,1H3,(H,25,26,28)/t20-/m1/s1. The summed E-state index contributed by atoms with van der Waals surface area (Å²) in [5, 5.41) is 12.1. The third-order valence-corrected chi connectivity index (χ3v) is 5.53. The van der Waals surface area contributed by atoms with E-state index in [9.17, 15) is 4.79 Å². The number of anilines is 1. The summed E-state index contributed by atoms with van der Waals surface area (Å²) in [4.78, 5) is 18.8. The maximum atomic E-state index is 12.1. The van der Waals surface area contributed by atoms with Gasteiger partial charge in [-0.25, -0.2) is 4.98 Å². The van der Waals surface area contributed by atoms with Gasteiger partial charge < -0.3 is 15.0 Å². The second-order valence-corrected chi connectivity index (χ2v) is 7.55. The lowest BCUT2D eigenvalue weighted by Gasteiger charge is -2.24. The smallest absolute Gasteiger partial charge is 0.243 e. The number of carbonyl (C=O) groups is 1. The molecular formula is C24H27N5O2. The summed E-state index contributed by atoms with van der Waals surface area (Å²) in [6.07, 6.45) is 2.32. The van der Waals surface area contributed by atoms with E-state index < -0.39 is 0 Å². The van der Waals surface area contributed by atoms with E-state index in [1.807, 2.05) is 65.6 Å². The molecule has 2 heterocycles. The Labute approximate surface area is 182 Å². The third kappa shape index (κ3) is 5.06. The van der Waals surface area contributed by atoms with Crippen molar-refractivity contribution in [3.05, 3.63) is 60.7 Å². The molecule has 0 spiro atoms. The Bertz CT molecular complexity index is 997. The average molecular weight is 418 g/mol. The molecule has 0 saturated carbocycles. The van der Waals surface area contributed by atoms with Gasteiger partial charge in [0.05, 0.1) is 6.61 Å². The summed E-state index contributed by atoms with van der Waals surface area (Å²) in [5.41, 5.74) is 3.52. The van der Waals surface area contributed by atoms with Crippen molar-refractivity contribution < 1.29 is 9.53 Å². The van der Waals surface area contributed by atoms with Crippen LogP contribution in [0.15, 0.2) is 60.7 Å². The number of nitrogens with one attached hydrogen (secondary N) is 1. The molecule has 0 unspecified atom stereocenters. The van der Waals surface area contributed by atoms with Gasteiger partial charge in [-0.3, -0.25) is 4.79 Å². The Kier molecular flexibility index (Phi) is 6.84. The van der Waals surface area contributed by atoms with Gasteiger partial charge in [0.1, 0.15) is 11.4 Å². The lowest BCUT2D eigenvalue weighted by Crippen LogP contribution is -2.36. The SMILES string of the molecule is COCCN1C(=O)CC[C@@H]1CCNc1nnc(-c2ccccc2)c(-c2ccccc2)n1. The van der Waals surface area contributed by atoms with E-state index in [2.05, 4.69) is 15.5 Å². The summed E-state index contributed by atoms with van der Waals surface area (Å²) in [6, 6.07) is 20.2. The Morgan fingerprint density at radius 3 is 2.35 bits per heavy atom. The summed E-state index contributed by atoms with van der Waals surface area (Å²) < 4.78 is 5.14. The topological polar surface area (TPSA) is 80.2 Å². The summed E-state index contributed by atoms with van der Waals surface area (Å²) in [5.74, 6) is 0.699. The van der Waals surface area contributed by atoms with Crippen LogP contribution in [0.1, 0.15) is 19.3 Å². The molecule has 7 nitrogen and oxygen atoms in total. The number of benzene rings is 2. The van der Waals surface area contributed by atoms with Crippen LogP contribution < -0.4 is 5.32 Å². The van der Waals surface area contributed by atoms with Gasteiger partial charge in [-0.1, -0.05) is 60.7 Å². The second kappa shape index (κ2) is 10.1. The van der Waals surface area contributed by atoms with Crippen molar-refractivity contribution in [3.63, 3.8) is 0 Å². The van der Waals surface area contributed by atoms with Crippen LogP contribution in [0, 0.1) is 0 Å². The highest BCUT2D eigenvalue weighted by Gasteiger charge is 2.30. The maximum Gasteiger partial charge on any atom is 0.243 e. The quantitative estimate of drug-likeness (QED) is 0.573. The first-order valence-corrected chi connectivity index (χ1v) is 10.6. The molecule has 0 bridgehead atoms. The fraction of sp³-hybridized carbons (Fsp3) is 0.333. The van der Waals surface area contributed by atoms with Gasteiger partial charge in [-0.05, 0) is 12.8 Å². The zero-order valence-electron chi connectivity index (χ0n) is 17.7. The molecule has 0 aliphatic carbocycles. The zero-order chi connectivity index (χ0) is 21.5. The molecule has 31 heavy (non-hydrogen) atoms. The molecule has 1 aromatic heterocycles. The predicted molar refractivity (Wildman–Crippen MR) is 120 cm³/mol. The molecule has 7 heteroatoms. The first kappa shape index (κ1) is 20.9. The molecule has 1 atom stereocenters. The van der Waals surface area contributed by atoms with Crippen molar-refractivity contribution in [1.82, 2.24) is 20.1 Å². The van der Waals surface area contributed by atoms with Crippen LogP contribution >= 0.6 is 0 Å². The molecule has 4 rings (SSSR count). The van der Waals surface area contributed by atoms with E-state index >= 15 is 0 Å². The predicted octanol–water partition coefficient (Wildman–Crippen LogP) is 3.65. The minimum Gasteiger partial charge on any atom is -0.383 e. The molecule has 1 aliphatic rings. The van der Waals surface area contributed by atoms with Crippen LogP contribution in [-0.2, 0) is 9.53 Å². The first-order valence-electron chi connectivity index (χ1n) is 10.6. The molecule has 1 fully saturated rings. The number of methoxy groups -OCH3 is 1. The molecular weight excluding hydrogens is 390 g/mol. The molecule has 1 N–H and O–H groups in total. The molecule has 160 valence electrons. The lowest BCUT2D eigenvalue weighted by atomic mass is 10.0. The van der Waals surface area contributed by atoms with E-state index in [4.69, 9.17) is 9.72 Å². The highest BCUT2D eigenvalue weighted by Crippen LogP contribution is 2.29. The van der Waals surface area contributed by atoms with Gasteiger partial charge in [0.25, 0.3) is 0 Å². The number of carbonyl (C=O) groups excluding carboxylic acids is 1. The van der Waals surface area contributed by atoms with Gasteiger partial charge in [-0.15, -0.1) is 10.2 Å². The Morgan fingerprint density at radius 1 is 1.00 bits per heavy atom. The number of hydrogen-bond acceptors (Lipinski definition) is 6. The van der Waals surface area contributed by atoms with Crippen molar-refractivity contribution in [2.75, 3.05) is 32.1 Å². The molecule has 1 saturated heterocycles. The van der Waals surface area contributed by atoms with E-state index in [0.717, 1.165) is 35.4 Å². The monoisotopic (exact) mass is 417 g/mol. The largest absolute Gasteiger partial charge is 0.383 e. The average Bonchev–Trinajstić information content (AvgIpc) is 3.18. The van der Waals surface area contributed by atoms with Crippen molar-refractivity contribution >= 4 is 11.9 Å². The van der Waals surface area contributed by atoms with Crippen LogP contribution in [0.2, 0.25) is 0 Å². The maximum absolute atomic E-state index is 12.1. The Morgan fingerprint density at radius 2 is 1.68 bits per heavy atom.